The van der Waals surface area contributed by atoms with Crippen LogP contribution in [0.4, 0.5) is 5.13 Å². The summed E-state index contributed by atoms with van der Waals surface area (Å²) in [5, 5.41) is 11.9. The first-order valence-electron chi connectivity index (χ1n) is 13.1. The van der Waals surface area contributed by atoms with Crippen molar-refractivity contribution >= 4 is 36.5 Å². The number of benzene rings is 1. The van der Waals surface area contributed by atoms with Crippen molar-refractivity contribution in [1.29, 1.82) is 0 Å². The summed E-state index contributed by atoms with van der Waals surface area (Å²) < 4.78 is 86.7. The summed E-state index contributed by atoms with van der Waals surface area (Å²) in [4.78, 5) is 0.0376. The summed E-state index contributed by atoms with van der Waals surface area (Å²) in [6, 6.07) is 6.71. The molecule has 0 atom stereocenters. The molecule has 0 unspecified atom stereocenters. The van der Waals surface area contributed by atoms with Gasteiger partial charge in [-0.2, -0.15) is 4.57 Å². The Morgan fingerprint density at radius 2 is 1.36 bits per heavy atom. The highest BCUT2D eigenvalue weighted by Gasteiger charge is 2.27. The van der Waals surface area contributed by atoms with E-state index < -0.39 is 34.6 Å². The van der Waals surface area contributed by atoms with E-state index in [1.54, 1.807) is 12.1 Å². The summed E-state index contributed by atoms with van der Waals surface area (Å²) in [6.45, 7) is 6.54. The van der Waals surface area contributed by atoms with E-state index in [1.165, 1.54) is 66.6 Å². The molecule has 1 aromatic carbocycles. The Balaban J connectivity index is 0.000000892. The Hall–Kier alpha value is -2.28. The molecule has 0 saturated carbocycles. The van der Waals surface area contributed by atoms with E-state index in [4.69, 9.17) is 23.8 Å². The van der Waals surface area contributed by atoms with Gasteiger partial charge in [0.2, 0.25) is 15.2 Å². The lowest BCUT2D eigenvalue weighted by molar-refractivity contribution is -2.00. The topological polar surface area (TPSA) is 228 Å². The van der Waals surface area contributed by atoms with Gasteiger partial charge in [0, 0.05) is 36.6 Å². The minimum absolute atomic E-state index is 0.0376. The molecule has 1 aliphatic rings. The molecule has 0 spiro atoms. The van der Waals surface area contributed by atoms with Crippen molar-refractivity contribution in [2.24, 2.45) is 5.14 Å². The van der Waals surface area contributed by atoms with Crippen molar-refractivity contribution in [3.05, 3.63) is 52.3 Å². The van der Waals surface area contributed by atoms with E-state index in [2.05, 4.69) is 40.3 Å². The standard InChI is InChI=1S/C25H34N5O4S3.ClHO4/c1-17-19(3)30(23-12-10-8-6-4-5-7-9-11-22(17)18(23)2)20-13-15-21(16-14-20)37(33,34)29-24-27-28-25(35-24)36(26,31)32;2-1(3,4)5/h13-16H,4-12H2,1-3H3,(H,27,29)(H2,26,31,32);(H,2,3,4,5)/q+1;/p-1. The molecule has 42 heavy (non-hydrogen) atoms. The van der Waals surface area contributed by atoms with E-state index in [0.717, 1.165) is 24.9 Å². The van der Waals surface area contributed by atoms with Gasteiger partial charge >= 0.3 is 0 Å². The number of hydrogen-bond acceptors (Lipinski definition) is 11. The zero-order valence-electron chi connectivity index (χ0n) is 23.5. The smallest absolute Gasteiger partial charge is 0.253 e. The van der Waals surface area contributed by atoms with Crippen LogP contribution in [0.1, 0.15) is 73.0 Å². The van der Waals surface area contributed by atoms with Crippen LogP contribution in [0.2, 0.25) is 0 Å². The number of sulfonamides is 2. The van der Waals surface area contributed by atoms with E-state index in [9.17, 15) is 16.8 Å². The molecule has 0 aliphatic heterocycles. The molecule has 232 valence electrons. The predicted molar refractivity (Wildman–Crippen MR) is 144 cm³/mol. The van der Waals surface area contributed by atoms with Crippen LogP contribution in [0, 0.1) is 31.0 Å². The molecule has 0 fully saturated rings. The molecule has 4 rings (SSSR count). The molecule has 3 N–H and O–H groups in total. The summed E-state index contributed by atoms with van der Waals surface area (Å²) >= 11 is 0.559. The largest absolute Gasteiger partial charge is 0.267 e. The molecule has 2 aromatic heterocycles. The third kappa shape index (κ3) is 9.36. The van der Waals surface area contributed by atoms with Crippen molar-refractivity contribution in [2.45, 2.75) is 87.8 Å². The maximum Gasteiger partial charge on any atom is 0.267 e. The predicted octanol–water partition coefficient (Wildman–Crippen LogP) is -0.738. The number of pyridine rings is 1. The molecule has 0 amide bonds. The minimum atomic E-state index is -4.94. The number of halogens is 1. The SMILES string of the molecule is Cc1c2c(C)c([n+](-c3ccc(S(=O)(=O)Nc4nnc(S(N)(=O)=O)s4)cc3)c1C)CCCCCCCCC2.[O-][Cl+3]([O-])([O-])[O-]. The lowest BCUT2D eigenvalue weighted by Crippen LogP contribution is -2.68. The van der Waals surface area contributed by atoms with Gasteiger partial charge in [-0.1, -0.05) is 43.4 Å². The average molecular weight is 664 g/mol. The van der Waals surface area contributed by atoms with Gasteiger partial charge < -0.3 is 0 Å². The van der Waals surface area contributed by atoms with Crippen LogP contribution >= 0.6 is 11.3 Å². The van der Waals surface area contributed by atoms with Gasteiger partial charge in [-0.15, -0.1) is 20.4 Å². The highest BCUT2D eigenvalue weighted by Crippen LogP contribution is 2.26. The fourth-order valence-electron chi connectivity index (χ4n) is 5.03. The van der Waals surface area contributed by atoms with E-state index >= 15 is 0 Å². The molecule has 2 heterocycles. The lowest BCUT2D eigenvalue weighted by atomic mass is 9.91. The van der Waals surface area contributed by atoms with Gasteiger partial charge in [0.1, 0.15) is 0 Å². The van der Waals surface area contributed by atoms with Gasteiger partial charge in [-0.3, -0.25) is 4.72 Å². The van der Waals surface area contributed by atoms with Gasteiger partial charge in [0.05, 0.1) is 4.90 Å². The van der Waals surface area contributed by atoms with Gasteiger partial charge in [0.15, 0.2) is 11.4 Å². The molecule has 0 saturated heterocycles. The molecule has 2 bridgehead atoms. The van der Waals surface area contributed by atoms with Crippen molar-refractivity contribution in [2.75, 3.05) is 4.72 Å². The number of nitrogens with zero attached hydrogens (tertiary/aromatic N) is 3. The number of hydrogen-bond donors (Lipinski definition) is 2. The molecule has 3 aromatic rings. The Labute approximate surface area is 251 Å². The van der Waals surface area contributed by atoms with Crippen LogP contribution in [-0.2, 0) is 32.9 Å². The quantitative estimate of drug-likeness (QED) is 0.325. The van der Waals surface area contributed by atoms with Crippen LogP contribution in [0.15, 0.2) is 33.5 Å². The molecule has 17 heteroatoms. The summed E-state index contributed by atoms with van der Waals surface area (Å²) in [7, 11) is -13.0. The van der Waals surface area contributed by atoms with Crippen LogP contribution < -0.4 is 33.1 Å². The van der Waals surface area contributed by atoms with Crippen molar-refractivity contribution in [3.8, 4) is 5.69 Å². The fraction of sp³-hybridized carbons (Fsp3) is 0.480. The van der Waals surface area contributed by atoms with E-state index in [-0.39, 0.29) is 10.0 Å². The summed E-state index contributed by atoms with van der Waals surface area (Å²) in [5.74, 6) is 0. The molecule has 1 aliphatic carbocycles. The summed E-state index contributed by atoms with van der Waals surface area (Å²) in [5.41, 5.74) is 7.44. The van der Waals surface area contributed by atoms with Crippen LogP contribution in [0.3, 0.4) is 0 Å². The minimum Gasteiger partial charge on any atom is -0.253 e. The number of rotatable bonds is 5. The average Bonchev–Trinajstić information content (AvgIpc) is 3.34. The zero-order chi connectivity index (χ0) is 31.3. The normalized spacial score (nSPS) is 15.1. The number of fused-ring (bicyclic) bond motifs is 2. The fourth-order valence-corrected chi connectivity index (χ4v) is 7.59. The molecule has 0 radical (unpaired) electrons. The zero-order valence-corrected chi connectivity index (χ0v) is 26.7. The van der Waals surface area contributed by atoms with Crippen LogP contribution in [0.25, 0.3) is 5.69 Å². The number of nitrogens with two attached hydrogens (primary N) is 1. The Bertz CT molecular complexity index is 1600. The van der Waals surface area contributed by atoms with Gasteiger partial charge in [0.25, 0.3) is 20.0 Å². The second kappa shape index (κ2) is 14.0. The Kier molecular flexibility index (Phi) is 11.4. The van der Waals surface area contributed by atoms with Crippen molar-refractivity contribution in [1.82, 2.24) is 10.2 Å². The second-order valence-corrected chi connectivity index (χ2v) is 15.1. The first-order valence-corrected chi connectivity index (χ1v) is 18.2. The van der Waals surface area contributed by atoms with Crippen molar-refractivity contribution in [3.63, 3.8) is 0 Å². The van der Waals surface area contributed by atoms with Gasteiger partial charge in [-0.05, 0) is 50.8 Å². The number of anilines is 1. The highest BCUT2D eigenvalue weighted by atomic mass is 35.7. The second-order valence-electron chi connectivity index (χ2n) is 9.97. The number of nitrogens with one attached hydrogen (secondary N) is 1. The van der Waals surface area contributed by atoms with Crippen LogP contribution in [0.5, 0.6) is 0 Å². The first kappa shape index (κ1) is 34.2. The molecular weight excluding hydrogens is 630 g/mol. The first-order chi connectivity index (χ1) is 19.5. The third-order valence-electron chi connectivity index (χ3n) is 7.10. The van der Waals surface area contributed by atoms with E-state index in [1.807, 2.05) is 12.1 Å². The molecule has 13 nitrogen and oxygen atoms in total. The maximum atomic E-state index is 12.9. The van der Waals surface area contributed by atoms with Gasteiger partial charge in [-0.25, -0.2) is 40.6 Å². The third-order valence-corrected chi connectivity index (χ3v) is 10.7. The number of aromatic nitrogens is 3. The maximum absolute atomic E-state index is 12.9. The van der Waals surface area contributed by atoms with E-state index in [0.29, 0.717) is 11.3 Å². The Morgan fingerprint density at radius 3 is 1.88 bits per heavy atom. The lowest BCUT2D eigenvalue weighted by Gasteiger charge is -2.18. The monoisotopic (exact) mass is 663 g/mol. The Morgan fingerprint density at radius 1 is 0.833 bits per heavy atom. The highest BCUT2D eigenvalue weighted by molar-refractivity contribution is 7.93. The number of primary sulfonamides is 1. The molecular formula is C25H34ClN5O8S3. The summed E-state index contributed by atoms with van der Waals surface area (Å²) in [6.07, 6.45) is 10.8. The van der Waals surface area contributed by atoms with Crippen molar-refractivity contribution < 1.29 is 50.3 Å². The van der Waals surface area contributed by atoms with Crippen LogP contribution in [-0.4, -0.2) is 27.0 Å².